The van der Waals surface area contributed by atoms with Crippen molar-refractivity contribution in [3.05, 3.63) is 144 Å². The summed E-state index contributed by atoms with van der Waals surface area (Å²) in [6, 6.07) is 40.6. The monoisotopic (exact) mass is 612 g/mol. The average Bonchev–Trinajstić information content (AvgIpc) is 3.04. The van der Waals surface area contributed by atoms with Crippen LogP contribution < -0.4 is 0 Å². The second-order valence-electron chi connectivity index (χ2n) is 12.1. The number of hydrogen-bond donors (Lipinski definition) is 0. The molecule has 1 unspecified atom stereocenters. The van der Waals surface area contributed by atoms with E-state index in [0.29, 0.717) is 33.0 Å². The van der Waals surface area contributed by atoms with Gasteiger partial charge in [-0.25, -0.2) is 0 Å². The molecular weight excluding hydrogens is 568 g/mol. The molecule has 5 atom stereocenters. The van der Waals surface area contributed by atoms with Crippen molar-refractivity contribution >= 4 is 8.32 Å². The predicted molar refractivity (Wildman–Crippen MR) is 174 cm³/mol. The van der Waals surface area contributed by atoms with Gasteiger partial charge in [-0.15, -0.1) is 0 Å². The van der Waals surface area contributed by atoms with Gasteiger partial charge >= 0.3 is 0 Å². The Kier molecular flexibility index (Phi) is 11.9. The summed E-state index contributed by atoms with van der Waals surface area (Å²) in [6.07, 6.45) is -2.58. The largest absolute Gasteiger partial charge is 0.391 e. The number of benzene rings is 4. The Labute approximate surface area is 263 Å². The second-order valence-corrected chi connectivity index (χ2v) is 16.5. The van der Waals surface area contributed by atoms with Gasteiger partial charge in [-0.2, -0.15) is 0 Å². The van der Waals surface area contributed by atoms with E-state index in [1.807, 2.05) is 72.8 Å². The first-order valence-corrected chi connectivity index (χ1v) is 18.8. The van der Waals surface area contributed by atoms with E-state index in [0.717, 1.165) is 22.3 Å². The summed E-state index contributed by atoms with van der Waals surface area (Å²) in [5, 5.41) is 0. The summed E-state index contributed by atoms with van der Waals surface area (Å²) in [5.74, 6) is 0. The van der Waals surface area contributed by atoms with E-state index in [9.17, 15) is 0 Å². The summed E-state index contributed by atoms with van der Waals surface area (Å²) in [4.78, 5) is 0. The Balaban J connectivity index is 1.44. The first-order valence-electron chi connectivity index (χ1n) is 15.4. The molecule has 232 valence electrons. The van der Waals surface area contributed by atoms with Gasteiger partial charge in [0.25, 0.3) is 0 Å². The molecule has 1 aliphatic heterocycles. The van der Waals surface area contributed by atoms with Crippen molar-refractivity contribution in [2.24, 2.45) is 0 Å². The van der Waals surface area contributed by atoms with Crippen LogP contribution in [-0.2, 0) is 54.5 Å². The molecule has 0 saturated carbocycles. The van der Waals surface area contributed by atoms with Gasteiger partial charge in [0, 0.05) is 0 Å². The van der Waals surface area contributed by atoms with Crippen LogP contribution in [0.2, 0.25) is 19.6 Å². The van der Waals surface area contributed by atoms with E-state index in [1.54, 1.807) is 0 Å². The third-order valence-corrected chi connectivity index (χ3v) is 8.25. The zero-order chi connectivity index (χ0) is 30.6. The van der Waals surface area contributed by atoms with Crippen LogP contribution in [0.15, 0.2) is 121 Å². The van der Waals surface area contributed by atoms with Crippen LogP contribution in [0.1, 0.15) is 22.3 Å². The summed E-state index contributed by atoms with van der Waals surface area (Å²) in [6.45, 7) is 8.45. The van der Waals surface area contributed by atoms with E-state index in [-0.39, 0.29) is 0 Å². The van der Waals surface area contributed by atoms with Crippen molar-refractivity contribution in [2.75, 3.05) is 6.61 Å². The van der Waals surface area contributed by atoms with Crippen molar-refractivity contribution in [1.29, 1.82) is 0 Å². The zero-order valence-electron chi connectivity index (χ0n) is 25.9. The molecule has 7 heteroatoms. The Bertz CT molecular complexity index is 1350. The second kappa shape index (κ2) is 16.2. The highest BCUT2D eigenvalue weighted by Gasteiger charge is 2.50. The van der Waals surface area contributed by atoms with Crippen molar-refractivity contribution in [3.63, 3.8) is 0 Å². The molecule has 0 amide bonds. The SMILES string of the molecule is C[Si](C)(C)OC1O[C@H](COCc2ccccc2)[C@@H](OCc2ccccc2)[C@H](OCc2ccccc2)[C@H]1OCc1ccccc1. The summed E-state index contributed by atoms with van der Waals surface area (Å²) < 4.78 is 39.8. The molecule has 5 rings (SSSR count). The highest BCUT2D eigenvalue weighted by atomic mass is 28.4. The molecule has 0 radical (unpaired) electrons. The minimum Gasteiger partial charge on any atom is -0.391 e. The van der Waals surface area contributed by atoms with E-state index in [2.05, 4.69) is 68.2 Å². The van der Waals surface area contributed by atoms with Gasteiger partial charge < -0.3 is 28.1 Å². The van der Waals surface area contributed by atoms with Crippen molar-refractivity contribution < 1.29 is 28.1 Å². The molecule has 0 aromatic heterocycles. The predicted octanol–water partition coefficient (Wildman–Crippen LogP) is 7.54. The molecule has 0 bridgehead atoms. The van der Waals surface area contributed by atoms with Gasteiger partial charge in [0.2, 0.25) is 0 Å². The maximum atomic E-state index is 6.76. The zero-order valence-corrected chi connectivity index (χ0v) is 26.9. The van der Waals surface area contributed by atoms with E-state index in [4.69, 9.17) is 28.1 Å². The normalized spacial score (nSPS) is 22.1. The van der Waals surface area contributed by atoms with Crippen molar-refractivity contribution in [1.82, 2.24) is 0 Å². The summed E-state index contributed by atoms with van der Waals surface area (Å²) in [5.41, 5.74) is 4.31. The van der Waals surface area contributed by atoms with Crippen LogP contribution in [0, 0.1) is 0 Å². The molecule has 4 aromatic carbocycles. The molecule has 6 nitrogen and oxygen atoms in total. The lowest BCUT2D eigenvalue weighted by Crippen LogP contribution is -2.63. The first-order chi connectivity index (χ1) is 21.4. The molecule has 1 fully saturated rings. The molecular formula is C37H44O6Si. The van der Waals surface area contributed by atoms with Gasteiger partial charge in [-0.1, -0.05) is 121 Å². The number of ether oxygens (including phenoxy) is 5. The standard InChI is InChI=1S/C37H44O6Si/c1-44(2,3)43-37-36(41-27-32-22-14-7-15-23-32)35(40-26-31-20-12-6-13-21-31)34(39-25-30-18-10-5-11-19-30)33(42-37)28-38-24-29-16-8-4-9-17-29/h4-23,33-37H,24-28H2,1-3H3/t33-,34-,35+,36-,37?/m1/s1. The topological polar surface area (TPSA) is 55.4 Å². The molecule has 0 aliphatic carbocycles. The highest BCUT2D eigenvalue weighted by Crippen LogP contribution is 2.33. The van der Waals surface area contributed by atoms with Crippen LogP contribution in [0.4, 0.5) is 0 Å². The fraction of sp³-hybridized carbons (Fsp3) is 0.351. The molecule has 1 saturated heterocycles. The molecule has 44 heavy (non-hydrogen) atoms. The van der Waals surface area contributed by atoms with Gasteiger partial charge in [-0.05, 0) is 41.9 Å². The molecule has 1 heterocycles. The molecule has 1 aliphatic rings. The fourth-order valence-electron chi connectivity index (χ4n) is 5.19. The van der Waals surface area contributed by atoms with Gasteiger partial charge in [0.05, 0.1) is 33.0 Å². The lowest BCUT2D eigenvalue weighted by Gasteiger charge is -2.47. The van der Waals surface area contributed by atoms with Crippen LogP contribution in [0.3, 0.4) is 0 Å². The van der Waals surface area contributed by atoms with E-state index in [1.165, 1.54) is 0 Å². The van der Waals surface area contributed by atoms with Gasteiger partial charge in [0.15, 0.2) is 14.6 Å². The van der Waals surface area contributed by atoms with Gasteiger partial charge in [0.1, 0.15) is 24.4 Å². The molecule has 4 aromatic rings. The maximum Gasteiger partial charge on any atom is 0.187 e. The highest BCUT2D eigenvalue weighted by molar-refractivity contribution is 6.69. The van der Waals surface area contributed by atoms with Crippen LogP contribution in [0.5, 0.6) is 0 Å². The average molecular weight is 613 g/mol. The van der Waals surface area contributed by atoms with Crippen LogP contribution in [-0.4, -0.2) is 45.6 Å². The number of hydrogen-bond acceptors (Lipinski definition) is 6. The summed E-state index contributed by atoms with van der Waals surface area (Å²) >= 11 is 0. The molecule has 0 N–H and O–H groups in total. The summed E-state index contributed by atoms with van der Waals surface area (Å²) in [7, 11) is -2.06. The van der Waals surface area contributed by atoms with Crippen molar-refractivity contribution in [3.8, 4) is 0 Å². The van der Waals surface area contributed by atoms with E-state index >= 15 is 0 Å². The lowest BCUT2D eigenvalue weighted by molar-refractivity contribution is -0.312. The Hall–Kier alpha value is -3.14. The van der Waals surface area contributed by atoms with E-state index < -0.39 is 39.0 Å². The molecule has 0 spiro atoms. The lowest BCUT2D eigenvalue weighted by atomic mass is 9.98. The third kappa shape index (κ3) is 9.94. The third-order valence-electron chi connectivity index (χ3n) is 7.31. The Morgan fingerprint density at radius 2 is 0.886 bits per heavy atom. The minimum atomic E-state index is -2.06. The van der Waals surface area contributed by atoms with Crippen molar-refractivity contribution in [2.45, 2.75) is 76.8 Å². The van der Waals surface area contributed by atoms with Gasteiger partial charge in [-0.3, -0.25) is 0 Å². The quantitative estimate of drug-likeness (QED) is 0.129. The van der Waals surface area contributed by atoms with Crippen LogP contribution >= 0.6 is 0 Å². The number of rotatable bonds is 15. The first kappa shape index (κ1) is 32.3. The Morgan fingerprint density at radius 1 is 0.500 bits per heavy atom. The van der Waals surface area contributed by atoms with Crippen LogP contribution in [0.25, 0.3) is 0 Å². The minimum absolute atomic E-state index is 0.316. The fourth-order valence-corrected chi connectivity index (χ4v) is 6.08. The Morgan fingerprint density at radius 3 is 1.32 bits per heavy atom. The smallest absolute Gasteiger partial charge is 0.187 e. The maximum absolute atomic E-state index is 6.76.